The van der Waals surface area contributed by atoms with E-state index in [1.54, 1.807) is 0 Å². The van der Waals surface area contributed by atoms with Crippen molar-refractivity contribution in [3.8, 4) is 11.3 Å². The predicted octanol–water partition coefficient (Wildman–Crippen LogP) is 3.80. The van der Waals surface area contributed by atoms with Gasteiger partial charge in [-0.1, -0.05) is 18.2 Å². The van der Waals surface area contributed by atoms with Crippen LogP contribution in [-0.2, 0) is 0 Å². The maximum Gasteiger partial charge on any atom is 0.150 e. The van der Waals surface area contributed by atoms with Gasteiger partial charge in [0.05, 0.1) is 11.0 Å². The van der Waals surface area contributed by atoms with Gasteiger partial charge in [-0.05, 0) is 55.7 Å². The summed E-state index contributed by atoms with van der Waals surface area (Å²) in [4.78, 5) is 9.15. The molecule has 3 heteroatoms. The molecule has 0 saturated carbocycles. The van der Waals surface area contributed by atoms with Crippen molar-refractivity contribution in [2.45, 2.75) is 20.8 Å². The molecule has 0 radical (unpaired) electrons. The lowest BCUT2D eigenvalue weighted by Crippen LogP contribution is -2.00. The molecule has 0 unspecified atom stereocenters. The molecule has 100 valence electrons. The average molecular weight is 263 g/mol. The van der Waals surface area contributed by atoms with Crippen molar-refractivity contribution < 1.29 is 0 Å². The van der Waals surface area contributed by atoms with E-state index in [0.717, 1.165) is 22.3 Å². The zero-order valence-electron chi connectivity index (χ0n) is 11.9. The summed E-state index contributed by atoms with van der Waals surface area (Å²) in [6.45, 7) is 6.29. The Labute approximate surface area is 118 Å². The number of hydrogen-bond acceptors (Lipinski definition) is 3. The summed E-state index contributed by atoms with van der Waals surface area (Å²) in [7, 11) is 0. The summed E-state index contributed by atoms with van der Waals surface area (Å²) in [5, 5.41) is 0. The lowest BCUT2D eigenvalue weighted by atomic mass is 9.98. The minimum Gasteiger partial charge on any atom is -0.382 e. The topological polar surface area (TPSA) is 51.8 Å². The maximum atomic E-state index is 6.10. The second kappa shape index (κ2) is 4.60. The van der Waals surface area contributed by atoms with Gasteiger partial charge in [0.15, 0.2) is 5.82 Å². The lowest BCUT2D eigenvalue weighted by Gasteiger charge is -2.11. The first-order valence-electron chi connectivity index (χ1n) is 6.67. The van der Waals surface area contributed by atoms with E-state index in [9.17, 15) is 0 Å². The van der Waals surface area contributed by atoms with Crippen LogP contribution in [0, 0.1) is 20.8 Å². The van der Waals surface area contributed by atoms with E-state index in [-0.39, 0.29) is 0 Å². The third kappa shape index (κ3) is 2.01. The van der Waals surface area contributed by atoms with Crippen LogP contribution < -0.4 is 5.73 Å². The van der Waals surface area contributed by atoms with E-state index >= 15 is 0 Å². The van der Waals surface area contributed by atoms with E-state index in [0.29, 0.717) is 5.82 Å². The summed E-state index contributed by atoms with van der Waals surface area (Å²) >= 11 is 0. The average Bonchev–Trinajstić information content (AvgIpc) is 2.42. The molecule has 2 aromatic carbocycles. The first kappa shape index (κ1) is 12.6. The smallest absolute Gasteiger partial charge is 0.150 e. The third-order valence-electron chi connectivity index (χ3n) is 3.69. The van der Waals surface area contributed by atoms with Crippen LogP contribution in [0.1, 0.15) is 16.7 Å². The van der Waals surface area contributed by atoms with Crippen LogP contribution in [0.15, 0.2) is 36.4 Å². The van der Waals surface area contributed by atoms with Gasteiger partial charge in [-0.15, -0.1) is 0 Å². The minimum atomic E-state index is 0.482. The molecule has 2 N–H and O–H groups in total. The second-order valence-corrected chi connectivity index (χ2v) is 5.20. The summed E-state index contributed by atoms with van der Waals surface area (Å²) in [5.74, 6) is 0.482. The van der Waals surface area contributed by atoms with Gasteiger partial charge in [0, 0.05) is 5.56 Å². The van der Waals surface area contributed by atoms with Gasteiger partial charge in [0.25, 0.3) is 0 Å². The van der Waals surface area contributed by atoms with Crippen LogP contribution >= 0.6 is 0 Å². The zero-order valence-corrected chi connectivity index (χ0v) is 11.9. The molecule has 20 heavy (non-hydrogen) atoms. The quantitative estimate of drug-likeness (QED) is 0.726. The fourth-order valence-corrected chi connectivity index (χ4v) is 2.43. The summed E-state index contributed by atoms with van der Waals surface area (Å²) in [6, 6.07) is 12.1. The fourth-order valence-electron chi connectivity index (χ4n) is 2.43. The molecular weight excluding hydrogens is 246 g/mol. The largest absolute Gasteiger partial charge is 0.382 e. The van der Waals surface area contributed by atoms with Crippen molar-refractivity contribution in [2.24, 2.45) is 0 Å². The third-order valence-corrected chi connectivity index (χ3v) is 3.69. The van der Waals surface area contributed by atoms with Crippen LogP contribution in [0.3, 0.4) is 0 Å². The minimum absolute atomic E-state index is 0.482. The van der Waals surface area contributed by atoms with Gasteiger partial charge in [-0.3, -0.25) is 0 Å². The Morgan fingerprint density at radius 3 is 2.10 bits per heavy atom. The maximum absolute atomic E-state index is 6.10. The number of aromatic nitrogens is 2. The molecule has 0 fully saturated rings. The molecule has 0 bridgehead atoms. The lowest BCUT2D eigenvalue weighted by molar-refractivity contribution is 1.25. The van der Waals surface area contributed by atoms with Crippen LogP contribution in [0.4, 0.5) is 5.82 Å². The van der Waals surface area contributed by atoms with Crippen molar-refractivity contribution >= 4 is 16.9 Å². The Balaban J connectivity index is 2.29. The van der Waals surface area contributed by atoms with Crippen LogP contribution in [0.2, 0.25) is 0 Å². The molecule has 0 saturated heterocycles. The molecule has 0 amide bonds. The number of anilines is 1. The van der Waals surface area contributed by atoms with Gasteiger partial charge >= 0.3 is 0 Å². The van der Waals surface area contributed by atoms with Crippen molar-refractivity contribution in [3.63, 3.8) is 0 Å². The Kier molecular flexibility index (Phi) is 2.90. The predicted molar refractivity (Wildman–Crippen MR) is 83.6 cm³/mol. The number of benzene rings is 2. The van der Waals surface area contributed by atoms with Gasteiger partial charge in [0.1, 0.15) is 5.69 Å². The first-order valence-corrected chi connectivity index (χ1v) is 6.67. The van der Waals surface area contributed by atoms with E-state index in [1.807, 2.05) is 24.3 Å². The molecule has 1 aromatic heterocycles. The Bertz CT molecular complexity index is 807. The van der Waals surface area contributed by atoms with Crippen LogP contribution in [-0.4, -0.2) is 9.97 Å². The number of fused-ring (bicyclic) bond motifs is 1. The zero-order chi connectivity index (χ0) is 14.3. The Morgan fingerprint density at radius 2 is 1.40 bits per heavy atom. The van der Waals surface area contributed by atoms with Crippen molar-refractivity contribution in [3.05, 3.63) is 53.1 Å². The normalized spacial score (nSPS) is 10.9. The van der Waals surface area contributed by atoms with Crippen LogP contribution in [0.5, 0.6) is 0 Å². The van der Waals surface area contributed by atoms with Crippen molar-refractivity contribution in [1.82, 2.24) is 9.97 Å². The Hall–Kier alpha value is -2.42. The molecule has 3 nitrogen and oxygen atoms in total. The fraction of sp³-hybridized carbons (Fsp3) is 0.176. The van der Waals surface area contributed by atoms with E-state index in [1.165, 1.54) is 16.7 Å². The molecular formula is C17H17N3. The molecule has 3 aromatic rings. The highest BCUT2D eigenvalue weighted by molar-refractivity contribution is 5.83. The highest BCUT2D eigenvalue weighted by Crippen LogP contribution is 2.29. The number of rotatable bonds is 1. The van der Waals surface area contributed by atoms with Gasteiger partial charge in [0.2, 0.25) is 0 Å². The number of para-hydroxylation sites is 2. The highest BCUT2D eigenvalue weighted by atomic mass is 14.9. The molecule has 0 atom stereocenters. The van der Waals surface area contributed by atoms with Gasteiger partial charge in [-0.2, -0.15) is 0 Å². The molecule has 1 heterocycles. The SMILES string of the molecule is Cc1cc(C)c(-c2nc3ccccc3nc2N)cc1C. The molecule has 0 aliphatic carbocycles. The highest BCUT2D eigenvalue weighted by Gasteiger charge is 2.11. The monoisotopic (exact) mass is 263 g/mol. The number of hydrogen-bond donors (Lipinski definition) is 1. The number of aryl methyl sites for hydroxylation is 3. The van der Waals surface area contributed by atoms with E-state index < -0.39 is 0 Å². The first-order chi connectivity index (χ1) is 9.56. The summed E-state index contributed by atoms with van der Waals surface area (Å²) in [5.41, 5.74) is 13.3. The summed E-state index contributed by atoms with van der Waals surface area (Å²) < 4.78 is 0. The second-order valence-electron chi connectivity index (χ2n) is 5.20. The number of nitrogens with zero attached hydrogens (tertiary/aromatic N) is 2. The van der Waals surface area contributed by atoms with E-state index in [4.69, 9.17) is 5.73 Å². The number of nitrogen functional groups attached to an aromatic ring is 1. The van der Waals surface area contributed by atoms with E-state index in [2.05, 4.69) is 42.9 Å². The molecule has 0 aliphatic rings. The van der Waals surface area contributed by atoms with Crippen molar-refractivity contribution in [2.75, 3.05) is 5.73 Å². The number of nitrogens with two attached hydrogens (primary N) is 1. The van der Waals surface area contributed by atoms with Crippen molar-refractivity contribution in [1.29, 1.82) is 0 Å². The molecule has 0 aliphatic heterocycles. The Morgan fingerprint density at radius 1 is 0.800 bits per heavy atom. The standard InChI is InChI=1S/C17H17N3/c1-10-8-12(3)13(9-11(10)2)16-17(18)20-15-7-5-4-6-14(15)19-16/h4-9H,1-3H3,(H2,18,20). The summed E-state index contributed by atoms with van der Waals surface area (Å²) in [6.07, 6.45) is 0. The molecule has 0 spiro atoms. The van der Waals surface area contributed by atoms with Gasteiger partial charge in [-0.25, -0.2) is 9.97 Å². The van der Waals surface area contributed by atoms with Gasteiger partial charge < -0.3 is 5.73 Å². The van der Waals surface area contributed by atoms with Crippen LogP contribution in [0.25, 0.3) is 22.3 Å². The molecule has 3 rings (SSSR count).